The van der Waals surface area contributed by atoms with Gasteiger partial charge in [-0.25, -0.2) is 14.4 Å². The number of ketones is 1. The molecule has 7 heteroatoms. The number of rotatable bonds is 3. The Labute approximate surface area is 148 Å². The lowest BCUT2D eigenvalue weighted by molar-refractivity contribution is 0.101. The van der Waals surface area contributed by atoms with Gasteiger partial charge in [0.05, 0.1) is 15.9 Å². The second-order valence-corrected chi connectivity index (χ2v) is 6.94. The van der Waals surface area contributed by atoms with Gasteiger partial charge in [0.2, 0.25) is 0 Å². The molecule has 0 spiro atoms. The number of nitrogens with zero attached hydrogens (tertiary/aromatic N) is 4. The molecule has 1 aromatic carbocycles. The zero-order valence-electron chi connectivity index (χ0n) is 13.8. The molecule has 3 heterocycles. The smallest absolute Gasteiger partial charge is 0.159 e. The molecule has 0 atom stereocenters. The Kier molecular flexibility index (Phi) is 4.09. The van der Waals surface area contributed by atoms with Crippen molar-refractivity contribution in [3.8, 4) is 0 Å². The maximum absolute atomic E-state index is 14.4. The molecule has 1 saturated heterocycles. The van der Waals surface area contributed by atoms with E-state index in [2.05, 4.69) is 14.9 Å². The summed E-state index contributed by atoms with van der Waals surface area (Å²) < 4.78 is 15.4. The van der Waals surface area contributed by atoms with Crippen LogP contribution < -0.4 is 9.80 Å². The number of hydrogen-bond acceptors (Lipinski definition) is 6. The summed E-state index contributed by atoms with van der Waals surface area (Å²) in [6, 6.07) is 6.70. The van der Waals surface area contributed by atoms with E-state index in [0.717, 1.165) is 29.1 Å². The van der Waals surface area contributed by atoms with Crippen molar-refractivity contribution in [1.29, 1.82) is 0 Å². The molecule has 0 unspecified atom stereocenters. The molecule has 3 aromatic rings. The third-order valence-corrected chi connectivity index (χ3v) is 5.40. The quantitative estimate of drug-likeness (QED) is 0.674. The fraction of sp³-hybridized carbons (Fsp3) is 0.278. The second-order valence-electron chi connectivity index (χ2n) is 6.03. The molecule has 0 N–H and O–H groups in total. The van der Waals surface area contributed by atoms with Gasteiger partial charge < -0.3 is 9.80 Å². The molecule has 1 fully saturated rings. The summed E-state index contributed by atoms with van der Waals surface area (Å²) in [5.74, 6) is 0.481. The van der Waals surface area contributed by atoms with Gasteiger partial charge in [0, 0.05) is 31.7 Å². The first kappa shape index (κ1) is 16.0. The average molecular weight is 356 g/mol. The standard InChI is InChI=1S/C18H17FN4OS/c1-12(24)13-2-3-16(14(19)10-13)22-5-7-23(8-6-22)18-17-15(4-9-25-17)20-11-21-18/h2-4,9-11H,5-8H2,1H3. The van der Waals surface area contributed by atoms with Crippen LogP contribution in [0.1, 0.15) is 17.3 Å². The fourth-order valence-corrected chi connectivity index (χ4v) is 4.00. The summed E-state index contributed by atoms with van der Waals surface area (Å²) in [5, 5.41) is 2.02. The van der Waals surface area contributed by atoms with Crippen LogP contribution in [0.4, 0.5) is 15.9 Å². The highest BCUT2D eigenvalue weighted by Gasteiger charge is 2.22. The van der Waals surface area contributed by atoms with E-state index in [4.69, 9.17) is 0 Å². The highest BCUT2D eigenvalue weighted by atomic mass is 32.1. The summed E-state index contributed by atoms with van der Waals surface area (Å²) in [4.78, 5) is 24.3. The van der Waals surface area contributed by atoms with Gasteiger partial charge in [-0.1, -0.05) is 0 Å². The number of piperazine rings is 1. The van der Waals surface area contributed by atoms with E-state index in [1.807, 2.05) is 16.3 Å². The zero-order chi connectivity index (χ0) is 17.4. The molecule has 4 rings (SSSR count). The third-order valence-electron chi connectivity index (χ3n) is 4.50. The molecule has 2 aromatic heterocycles. The monoisotopic (exact) mass is 356 g/mol. The molecule has 0 amide bonds. The number of halogens is 1. The van der Waals surface area contributed by atoms with Crippen LogP contribution in [0.5, 0.6) is 0 Å². The maximum Gasteiger partial charge on any atom is 0.159 e. The molecule has 1 aliphatic heterocycles. The minimum Gasteiger partial charge on any atom is -0.366 e. The molecule has 25 heavy (non-hydrogen) atoms. The van der Waals surface area contributed by atoms with Gasteiger partial charge in [-0.15, -0.1) is 11.3 Å². The lowest BCUT2D eigenvalue weighted by atomic mass is 10.1. The van der Waals surface area contributed by atoms with Gasteiger partial charge in [0.15, 0.2) is 5.78 Å². The van der Waals surface area contributed by atoms with Crippen LogP contribution in [0.3, 0.4) is 0 Å². The molecule has 128 valence electrons. The van der Waals surface area contributed by atoms with Gasteiger partial charge in [-0.05, 0) is 36.6 Å². The first-order valence-corrected chi connectivity index (χ1v) is 9.00. The molecule has 0 radical (unpaired) electrons. The summed E-state index contributed by atoms with van der Waals surface area (Å²) in [7, 11) is 0. The number of fused-ring (bicyclic) bond motifs is 1. The van der Waals surface area contributed by atoms with Crippen molar-refractivity contribution >= 4 is 38.8 Å². The van der Waals surface area contributed by atoms with Crippen LogP contribution in [0, 0.1) is 5.82 Å². The Morgan fingerprint density at radius 3 is 2.60 bits per heavy atom. The second kappa shape index (κ2) is 6.40. The van der Waals surface area contributed by atoms with E-state index in [1.165, 1.54) is 13.0 Å². The molecule has 5 nitrogen and oxygen atoms in total. The number of thiophene rings is 1. The minimum atomic E-state index is -0.344. The summed E-state index contributed by atoms with van der Waals surface area (Å²) in [6.45, 7) is 4.37. The van der Waals surface area contributed by atoms with Crippen LogP contribution in [-0.4, -0.2) is 41.9 Å². The SMILES string of the molecule is CC(=O)c1ccc(N2CCN(c3ncnc4ccsc34)CC2)c(F)c1. The fourth-order valence-electron chi connectivity index (χ4n) is 3.14. The number of Topliss-reactive ketones (excluding diaryl/α,β-unsaturated/α-hetero) is 1. The maximum atomic E-state index is 14.4. The Morgan fingerprint density at radius 1 is 1.12 bits per heavy atom. The average Bonchev–Trinajstić information content (AvgIpc) is 3.10. The predicted molar refractivity (Wildman–Crippen MR) is 98.2 cm³/mol. The Balaban J connectivity index is 1.52. The van der Waals surface area contributed by atoms with Crippen molar-refractivity contribution in [3.05, 3.63) is 47.4 Å². The van der Waals surface area contributed by atoms with Gasteiger partial charge in [0.25, 0.3) is 0 Å². The highest BCUT2D eigenvalue weighted by molar-refractivity contribution is 7.17. The number of anilines is 2. The number of benzene rings is 1. The Hall–Kier alpha value is -2.54. The van der Waals surface area contributed by atoms with Crippen LogP contribution >= 0.6 is 11.3 Å². The van der Waals surface area contributed by atoms with E-state index in [0.29, 0.717) is 24.3 Å². The Morgan fingerprint density at radius 2 is 1.88 bits per heavy atom. The molecule has 1 aliphatic rings. The summed E-state index contributed by atoms with van der Waals surface area (Å²) in [5.41, 5.74) is 1.91. The van der Waals surface area contributed by atoms with E-state index in [9.17, 15) is 9.18 Å². The topological polar surface area (TPSA) is 49.3 Å². The van der Waals surface area contributed by atoms with Crippen LogP contribution in [-0.2, 0) is 0 Å². The number of carbonyl (C=O) groups is 1. The van der Waals surface area contributed by atoms with Gasteiger partial charge in [0.1, 0.15) is 18.0 Å². The van der Waals surface area contributed by atoms with Crippen molar-refractivity contribution in [1.82, 2.24) is 9.97 Å². The van der Waals surface area contributed by atoms with Crippen LogP contribution in [0.25, 0.3) is 10.2 Å². The van der Waals surface area contributed by atoms with Gasteiger partial charge in [-0.2, -0.15) is 0 Å². The number of hydrogen-bond donors (Lipinski definition) is 0. The molecule has 0 bridgehead atoms. The highest BCUT2D eigenvalue weighted by Crippen LogP contribution is 2.29. The normalized spacial score (nSPS) is 15.0. The van der Waals surface area contributed by atoms with Crippen molar-refractivity contribution in [2.45, 2.75) is 6.92 Å². The van der Waals surface area contributed by atoms with Crippen molar-refractivity contribution < 1.29 is 9.18 Å². The molecular weight excluding hydrogens is 339 g/mol. The number of carbonyl (C=O) groups excluding carboxylic acids is 1. The molecule has 0 saturated carbocycles. The lowest BCUT2D eigenvalue weighted by Gasteiger charge is -2.37. The zero-order valence-corrected chi connectivity index (χ0v) is 14.6. The van der Waals surface area contributed by atoms with Crippen LogP contribution in [0.2, 0.25) is 0 Å². The largest absolute Gasteiger partial charge is 0.366 e. The first-order chi connectivity index (χ1) is 12.1. The minimum absolute atomic E-state index is 0.126. The Bertz CT molecular complexity index is 934. The van der Waals surface area contributed by atoms with Gasteiger partial charge in [-0.3, -0.25) is 4.79 Å². The lowest BCUT2D eigenvalue weighted by Crippen LogP contribution is -2.47. The molecule has 0 aliphatic carbocycles. The van der Waals surface area contributed by atoms with Crippen molar-refractivity contribution in [2.75, 3.05) is 36.0 Å². The first-order valence-electron chi connectivity index (χ1n) is 8.12. The predicted octanol–water partition coefficient (Wildman–Crippen LogP) is 3.36. The van der Waals surface area contributed by atoms with Crippen molar-refractivity contribution in [3.63, 3.8) is 0 Å². The van der Waals surface area contributed by atoms with E-state index >= 15 is 0 Å². The summed E-state index contributed by atoms with van der Waals surface area (Å²) >= 11 is 1.64. The van der Waals surface area contributed by atoms with Crippen molar-refractivity contribution in [2.24, 2.45) is 0 Å². The van der Waals surface area contributed by atoms with E-state index < -0.39 is 0 Å². The van der Waals surface area contributed by atoms with E-state index in [-0.39, 0.29) is 11.6 Å². The third kappa shape index (κ3) is 2.95. The van der Waals surface area contributed by atoms with Crippen LogP contribution in [0.15, 0.2) is 36.0 Å². The molecular formula is C18H17FN4OS. The number of aromatic nitrogens is 2. The summed E-state index contributed by atoms with van der Waals surface area (Å²) in [6.07, 6.45) is 1.59. The van der Waals surface area contributed by atoms with Gasteiger partial charge >= 0.3 is 0 Å². The van der Waals surface area contributed by atoms with E-state index in [1.54, 1.807) is 29.8 Å².